The van der Waals surface area contributed by atoms with Crippen LogP contribution in [0.1, 0.15) is 59.8 Å². The zero-order valence-electron chi connectivity index (χ0n) is 12.0. The van der Waals surface area contributed by atoms with E-state index in [-0.39, 0.29) is 11.8 Å². The van der Waals surface area contributed by atoms with Gasteiger partial charge in [0, 0.05) is 25.0 Å². The van der Waals surface area contributed by atoms with Gasteiger partial charge >= 0.3 is 0 Å². The summed E-state index contributed by atoms with van der Waals surface area (Å²) in [6, 6.07) is 0.558. The second-order valence-corrected chi connectivity index (χ2v) is 5.15. The van der Waals surface area contributed by atoms with Gasteiger partial charge in [-0.1, -0.05) is 46.5 Å². The third kappa shape index (κ3) is 10.3. The summed E-state index contributed by atoms with van der Waals surface area (Å²) in [7, 11) is 0. The van der Waals surface area contributed by atoms with Crippen LogP contribution < -0.4 is 10.6 Å². The lowest BCUT2D eigenvalue weighted by atomic mass is 10.1. The predicted molar refractivity (Wildman–Crippen MR) is 74.1 cm³/mol. The molecule has 0 fully saturated rings. The number of hydrogen-bond acceptors (Lipinski definition) is 2. The molecule has 0 heterocycles. The molecule has 0 radical (unpaired) electrons. The van der Waals surface area contributed by atoms with Crippen molar-refractivity contribution in [3.8, 4) is 0 Å². The minimum atomic E-state index is 0.0847. The molecule has 1 unspecified atom stereocenters. The van der Waals surface area contributed by atoms with Crippen molar-refractivity contribution in [3.63, 3.8) is 0 Å². The number of carbonyl (C=O) groups excluding carboxylic acids is 1. The third-order valence-electron chi connectivity index (χ3n) is 2.93. The van der Waals surface area contributed by atoms with E-state index in [0.717, 1.165) is 13.1 Å². The second kappa shape index (κ2) is 10.6. The maximum Gasteiger partial charge on any atom is 0.222 e. The van der Waals surface area contributed by atoms with Crippen LogP contribution in [0.2, 0.25) is 0 Å². The maximum atomic E-state index is 11.3. The molecule has 0 aliphatic carbocycles. The second-order valence-electron chi connectivity index (χ2n) is 5.15. The molecule has 102 valence electrons. The van der Waals surface area contributed by atoms with Crippen LogP contribution in [-0.4, -0.2) is 25.0 Å². The molecule has 2 N–H and O–H groups in total. The molecule has 1 atom stereocenters. The van der Waals surface area contributed by atoms with Crippen molar-refractivity contribution in [1.82, 2.24) is 10.6 Å². The van der Waals surface area contributed by atoms with Gasteiger partial charge < -0.3 is 10.6 Å². The van der Waals surface area contributed by atoms with Crippen molar-refractivity contribution in [3.05, 3.63) is 0 Å². The maximum absolute atomic E-state index is 11.3. The molecule has 0 spiro atoms. The first-order valence-corrected chi connectivity index (χ1v) is 7.09. The van der Waals surface area contributed by atoms with Crippen molar-refractivity contribution in [2.45, 2.75) is 65.8 Å². The quantitative estimate of drug-likeness (QED) is 0.578. The highest BCUT2D eigenvalue weighted by Crippen LogP contribution is 2.04. The summed E-state index contributed by atoms with van der Waals surface area (Å²) in [5.41, 5.74) is 0. The molecule has 0 saturated heterocycles. The standard InChI is InChI=1S/C14H30N2O/c1-5-6-7-8-9-13(4)15-10-11-16-14(17)12(2)3/h12-13,15H,5-11H2,1-4H3,(H,16,17). The van der Waals surface area contributed by atoms with Gasteiger partial charge in [-0.05, 0) is 13.3 Å². The number of unbranched alkanes of at least 4 members (excludes halogenated alkanes) is 3. The number of carbonyl (C=O) groups is 1. The number of hydrogen-bond donors (Lipinski definition) is 2. The molecule has 17 heavy (non-hydrogen) atoms. The molecule has 0 aliphatic heterocycles. The summed E-state index contributed by atoms with van der Waals surface area (Å²) in [5, 5.41) is 6.35. The third-order valence-corrected chi connectivity index (χ3v) is 2.93. The molecule has 0 aliphatic rings. The lowest BCUT2D eigenvalue weighted by Crippen LogP contribution is -2.37. The highest BCUT2D eigenvalue weighted by Gasteiger charge is 2.05. The van der Waals surface area contributed by atoms with Crippen LogP contribution in [-0.2, 0) is 4.79 Å². The molecule has 0 saturated carbocycles. The minimum absolute atomic E-state index is 0.0847. The first-order chi connectivity index (χ1) is 8.07. The fourth-order valence-electron chi connectivity index (χ4n) is 1.69. The van der Waals surface area contributed by atoms with E-state index >= 15 is 0 Å². The van der Waals surface area contributed by atoms with Gasteiger partial charge in [0.05, 0.1) is 0 Å². The Morgan fingerprint density at radius 3 is 2.35 bits per heavy atom. The minimum Gasteiger partial charge on any atom is -0.355 e. The smallest absolute Gasteiger partial charge is 0.222 e. The van der Waals surface area contributed by atoms with Gasteiger partial charge in [-0.2, -0.15) is 0 Å². The lowest BCUT2D eigenvalue weighted by Gasteiger charge is -2.14. The normalized spacial score (nSPS) is 12.8. The zero-order valence-corrected chi connectivity index (χ0v) is 12.0. The number of rotatable bonds is 10. The van der Waals surface area contributed by atoms with Gasteiger partial charge in [0.15, 0.2) is 0 Å². The number of nitrogens with one attached hydrogen (secondary N) is 2. The van der Waals surface area contributed by atoms with Gasteiger partial charge in [0.1, 0.15) is 0 Å². The van der Waals surface area contributed by atoms with E-state index in [0.29, 0.717) is 6.04 Å². The summed E-state index contributed by atoms with van der Waals surface area (Å²) in [4.78, 5) is 11.3. The Kier molecular flexibility index (Phi) is 10.2. The van der Waals surface area contributed by atoms with Crippen molar-refractivity contribution < 1.29 is 4.79 Å². The van der Waals surface area contributed by atoms with E-state index in [1.807, 2.05) is 13.8 Å². The van der Waals surface area contributed by atoms with Gasteiger partial charge in [-0.15, -0.1) is 0 Å². The van der Waals surface area contributed by atoms with Gasteiger partial charge in [-0.3, -0.25) is 4.79 Å². The van der Waals surface area contributed by atoms with E-state index in [1.165, 1.54) is 32.1 Å². The van der Waals surface area contributed by atoms with Gasteiger partial charge in [0.2, 0.25) is 5.91 Å². The van der Waals surface area contributed by atoms with E-state index < -0.39 is 0 Å². The van der Waals surface area contributed by atoms with Crippen LogP contribution in [0.5, 0.6) is 0 Å². The fourth-order valence-corrected chi connectivity index (χ4v) is 1.69. The average Bonchev–Trinajstić information content (AvgIpc) is 2.29. The Labute approximate surface area is 107 Å². The molecular weight excluding hydrogens is 212 g/mol. The van der Waals surface area contributed by atoms with Crippen LogP contribution in [0, 0.1) is 5.92 Å². The summed E-state index contributed by atoms with van der Waals surface area (Å²) >= 11 is 0. The van der Waals surface area contributed by atoms with Gasteiger partial charge in [0.25, 0.3) is 0 Å². The van der Waals surface area contributed by atoms with Crippen LogP contribution in [0.3, 0.4) is 0 Å². The molecule has 0 bridgehead atoms. The van der Waals surface area contributed by atoms with E-state index in [1.54, 1.807) is 0 Å². The van der Waals surface area contributed by atoms with Crippen molar-refractivity contribution in [2.24, 2.45) is 5.92 Å². The molecule has 1 amide bonds. The highest BCUT2D eigenvalue weighted by atomic mass is 16.1. The van der Waals surface area contributed by atoms with Crippen LogP contribution in [0.15, 0.2) is 0 Å². The molecule has 0 aromatic rings. The van der Waals surface area contributed by atoms with E-state index in [4.69, 9.17) is 0 Å². The van der Waals surface area contributed by atoms with Crippen molar-refractivity contribution in [1.29, 1.82) is 0 Å². The Hall–Kier alpha value is -0.570. The molecule has 0 rings (SSSR count). The topological polar surface area (TPSA) is 41.1 Å². The Morgan fingerprint density at radius 1 is 1.06 bits per heavy atom. The molecular formula is C14H30N2O. The molecule has 3 nitrogen and oxygen atoms in total. The van der Waals surface area contributed by atoms with E-state index in [2.05, 4.69) is 24.5 Å². The Balaban J connectivity index is 3.33. The Morgan fingerprint density at radius 2 is 1.76 bits per heavy atom. The highest BCUT2D eigenvalue weighted by molar-refractivity contribution is 5.77. The first-order valence-electron chi connectivity index (χ1n) is 7.09. The molecule has 0 aromatic heterocycles. The predicted octanol–water partition coefficient (Wildman–Crippen LogP) is 2.71. The molecule has 0 aromatic carbocycles. The number of amides is 1. The van der Waals surface area contributed by atoms with Crippen molar-refractivity contribution >= 4 is 5.91 Å². The summed E-state index contributed by atoms with van der Waals surface area (Å²) in [6.45, 7) is 9.89. The SMILES string of the molecule is CCCCCCC(C)NCCNC(=O)C(C)C. The zero-order chi connectivity index (χ0) is 13.1. The van der Waals surface area contributed by atoms with Crippen molar-refractivity contribution in [2.75, 3.05) is 13.1 Å². The Bertz CT molecular complexity index is 193. The van der Waals surface area contributed by atoms with Crippen LogP contribution in [0.25, 0.3) is 0 Å². The largest absolute Gasteiger partial charge is 0.355 e. The summed E-state index contributed by atoms with van der Waals surface area (Å²) < 4.78 is 0. The van der Waals surface area contributed by atoms with E-state index in [9.17, 15) is 4.79 Å². The van der Waals surface area contributed by atoms with Crippen LogP contribution in [0.4, 0.5) is 0 Å². The fraction of sp³-hybridized carbons (Fsp3) is 0.929. The van der Waals surface area contributed by atoms with Gasteiger partial charge in [-0.25, -0.2) is 0 Å². The summed E-state index contributed by atoms with van der Waals surface area (Å²) in [5.74, 6) is 0.226. The average molecular weight is 242 g/mol. The van der Waals surface area contributed by atoms with Crippen LogP contribution >= 0.6 is 0 Å². The lowest BCUT2D eigenvalue weighted by molar-refractivity contribution is -0.123. The molecule has 3 heteroatoms. The monoisotopic (exact) mass is 242 g/mol. The summed E-state index contributed by atoms with van der Waals surface area (Å²) in [6.07, 6.45) is 6.52. The first kappa shape index (κ1) is 16.4.